The zero-order valence-corrected chi connectivity index (χ0v) is 10.3. The molecule has 0 aromatic carbocycles. The molecule has 0 aromatic rings. The number of hydrogen-bond donors (Lipinski definition) is 1. The molecule has 0 aliphatic heterocycles. The van der Waals surface area contributed by atoms with Crippen molar-refractivity contribution in [2.45, 2.75) is 58.0 Å². The van der Waals surface area contributed by atoms with Crippen LogP contribution in [0.25, 0.3) is 0 Å². The number of rotatable bonds is 9. The molecule has 0 heterocycles. The van der Waals surface area contributed by atoms with Crippen LogP contribution in [0, 0.1) is 9.81 Å². The molecule has 3 unspecified atom stereocenters. The zero-order chi connectivity index (χ0) is 12.6. The molecular weight excluding hydrogens is 210 g/mol. The van der Waals surface area contributed by atoms with Gasteiger partial charge in [-0.2, -0.15) is 4.91 Å². The van der Waals surface area contributed by atoms with Gasteiger partial charge in [-0.25, -0.2) is 0 Å². The quantitative estimate of drug-likeness (QED) is 0.616. The van der Waals surface area contributed by atoms with E-state index in [4.69, 9.17) is 4.74 Å². The summed E-state index contributed by atoms with van der Waals surface area (Å²) in [6, 6.07) is -0.394. The van der Waals surface area contributed by atoms with E-state index in [1.807, 2.05) is 20.8 Å². The number of nitroso groups, excluding NO2 is 2. The molecule has 0 aliphatic carbocycles. The first kappa shape index (κ1) is 15.1. The van der Waals surface area contributed by atoms with Crippen LogP contribution in [-0.4, -0.2) is 31.5 Å². The summed E-state index contributed by atoms with van der Waals surface area (Å²) in [5.41, 5.74) is 0. The Morgan fingerprint density at radius 1 is 1.25 bits per heavy atom. The maximum atomic E-state index is 10.6. The minimum atomic E-state index is -0.779. The topological polar surface area (TPSA) is 80.1 Å². The van der Waals surface area contributed by atoms with E-state index >= 15 is 0 Å². The van der Waals surface area contributed by atoms with Gasteiger partial charge in [0.2, 0.25) is 6.23 Å². The van der Waals surface area contributed by atoms with Gasteiger partial charge < -0.3 is 10.1 Å². The predicted molar refractivity (Wildman–Crippen MR) is 63.1 cm³/mol. The van der Waals surface area contributed by atoms with Crippen LogP contribution >= 0.6 is 0 Å². The van der Waals surface area contributed by atoms with Gasteiger partial charge in [-0.3, -0.25) is 0 Å². The highest BCUT2D eigenvalue weighted by Gasteiger charge is 2.26. The average molecular weight is 231 g/mol. The van der Waals surface area contributed by atoms with E-state index in [0.29, 0.717) is 12.8 Å². The molecule has 0 rings (SSSR count). The first-order valence-corrected chi connectivity index (χ1v) is 5.52. The fraction of sp³-hybridized carbons (Fsp3) is 1.00. The molecule has 0 radical (unpaired) electrons. The van der Waals surface area contributed by atoms with Gasteiger partial charge in [0.05, 0.1) is 12.1 Å². The van der Waals surface area contributed by atoms with E-state index in [1.165, 1.54) is 7.11 Å². The number of ether oxygens (including phenoxy) is 1. The lowest BCUT2D eigenvalue weighted by molar-refractivity contribution is 0.0656. The van der Waals surface area contributed by atoms with Gasteiger partial charge in [0, 0.05) is 13.2 Å². The van der Waals surface area contributed by atoms with Crippen LogP contribution in [-0.2, 0) is 4.74 Å². The Kier molecular flexibility index (Phi) is 7.84. The normalized spacial score (nSPS) is 16.8. The lowest BCUT2D eigenvalue weighted by atomic mass is 10.0. The molecule has 0 aromatic heterocycles. The standard InChI is InChI=1S/C10H21N3O3/c1-5-8(12-14)6-9(11-7(2)3)10(13-15)16-4/h7-11H,5-6H2,1-4H3. The third kappa shape index (κ3) is 5.27. The molecule has 16 heavy (non-hydrogen) atoms. The van der Waals surface area contributed by atoms with E-state index in [1.54, 1.807) is 0 Å². The fourth-order valence-electron chi connectivity index (χ4n) is 1.55. The first-order chi connectivity index (χ1) is 7.58. The fourth-order valence-corrected chi connectivity index (χ4v) is 1.55. The van der Waals surface area contributed by atoms with Crippen molar-refractivity contribution < 1.29 is 4.74 Å². The minimum absolute atomic E-state index is 0.188. The molecule has 1 N–H and O–H groups in total. The molecule has 0 saturated carbocycles. The van der Waals surface area contributed by atoms with Crippen molar-refractivity contribution in [3.05, 3.63) is 9.81 Å². The van der Waals surface area contributed by atoms with Crippen LogP contribution in [0.2, 0.25) is 0 Å². The number of nitrogens with one attached hydrogen (secondary N) is 1. The largest absolute Gasteiger partial charge is 0.355 e. The Morgan fingerprint density at radius 3 is 2.19 bits per heavy atom. The predicted octanol–water partition coefficient (Wildman–Crippen LogP) is 2.03. The van der Waals surface area contributed by atoms with E-state index in [-0.39, 0.29) is 18.1 Å². The van der Waals surface area contributed by atoms with E-state index in [2.05, 4.69) is 15.7 Å². The van der Waals surface area contributed by atoms with Gasteiger partial charge in [-0.05, 0) is 18.0 Å². The Balaban J connectivity index is 4.51. The maximum absolute atomic E-state index is 10.6. The highest BCUT2D eigenvalue weighted by molar-refractivity contribution is 4.82. The van der Waals surface area contributed by atoms with E-state index in [9.17, 15) is 9.81 Å². The highest BCUT2D eigenvalue weighted by Crippen LogP contribution is 2.13. The third-order valence-electron chi connectivity index (χ3n) is 2.38. The van der Waals surface area contributed by atoms with E-state index < -0.39 is 6.23 Å². The summed E-state index contributed by atoms with van der Waals surface area (Å²) in [6.07, 6.45) is 0.329. The summed E-state index contributed by atoms with van der Waals surface area (Å²) >= 11 is 0. The molecule has 94 valence electrons. The first-order valence-electron chi connectivity index (χ1n) is 5.52. The summed E-state index contributed by atoms with van der Waals surface area (Å²) in [4.78, 5) is 21.1. The lowest BCUT2D eigenvalue weighted by Gasteiger charge is -2.25. The van der Waals surface area contributed by atoms with Gasteiger partial charge in [-0.1, -0.05) is 25.9 Å². The number of hydrogen-bond acceptors (Lipinski definition) is 6. The van der Waals surface area contributed by atoms with Crippen molar-refractivity contribution >= 4 is 0 Å². The smallest absolute Gasteiger partial charge is 0.204 e. The van der Waals surface area contributed by atoms with E-state index in [0.717, 1.165) is 0 Å². The summed E-state index contributed by atoms with van der Waals surface area (Å²) in [5.74, 6) is 0. The molecule has 3 atom stereocenters. The van der Waals surface area contributed by atoms with Crippen molar-refractivity contribution in [2.75, 3.05) is 7.11 Å². The summed E-state index contributed by atoms with van der Waals surface area (Å²) < 4.78 is 4.97. The summed E-state index contributed by atoms with van der Waals surface area (Å²) in [6.45, 7) is 5.80. The van der Waals surface area contributed by atoms with Crippen molar-refractivity contribution in [1.82, 2.24) is 5.32 Å². The SMILES string of the molecule is CCC(CC(NC(C)C)C(N=O)OC)N=O. The molecule has 0 spiro atoms. The van der Waals surface area contributed by atoms with Gasteiger partial charge >= 0.3 is 0 Å². The molecule has 0 bridgehead atoms. The molecule has 6 heteroatoms. The molecule has 0 aliphatic rings. The second kappa shape index (κ2) is 8.29. The van der Waals surface area contributed by atoms with Crippen molar-refractivity contribution in [2.24, 2.45) is 10.4 Å². The Bertz CT molecular complexity index is 211. The Morgan fingerprint density at radius 2 is 1.88 bits per heavy atom. The Labute approximate surface area is 96.1 Å². The summed E-state index contributed by atoms with van der Waals surface area (Å²) in [7, 11) is 1.43. The van der Waals surface area contributed by atoms with Crippen molar-refractivity contribution in [3.8, 4) is 0 Å². The van der Waals surface area contributed by atoms with Crippen LogP contribution in [0.3, 0.4) is 0 Å². The number of methoxy groups -OCH3 is 1. The Hall–Kier alpha value is -0.880. The molecule has 0 fully saturated rings. The molecule has 6 nitrogen and oxygen atoms in total. The zero-order valence-electron chi connectivity index (χ0n) is 10.3. The number of nitrogens with zero attached hydrogens (tertiary/aromatic N) is 2. The van der Waals surface area contributed by atoms with Crippen LogP contribution in [0.4, 0.5) is 0 Å². The summed E-state index contributed by atoms with van der Waals surface area (Å²) in [5, 5.41) is 9.08. The van der Waals surface area contributed by atoms with Gasteiger partial charge in [0.25, 0.3) is 0 Å². The van der Waals surface area contributed by atoms with Crippen LogP contribution < -0.4 is 5.32 Å². The maximum Gasteiger partial charge on any atom is 0.204 e. The molecule has 0 amide bonds. The van der Waals surface area contributed by atoms with Gasteiger partial charge in [0.15, 0.2) is 0 Å². The highest BCUT2D eigenvalue weighted by atomic mass is 16.5. The second-order valence-electron chi connectivity index (χ2n) is 4.06. The lowest BCUT2D eigenvalue weighted by Crippen LogP contribution is -2.45. The molecule has 0 saturated heterocycles. The van der Waals surface area contributed by atoms with Gasteiger partial charge in [-0.15, -0.1) is 4.91 Å². The van der Waals surface area contributed by atoms with Crippen molar-refractivity contribution in [3.63, 3.8) is 0 Å². The third-order valence-corrected chi connectivity index (χ3v) is 2.38. The monoisotopic (exact) mass is 231 g/mol. The average Bonchev–Trinajstić information content (AvgIpc) is 2.26. The van der Waals surface area contributed by atoms with Crippen LogP contribution in [0.15, 0.2) is 10.4 Å². The second-order valence-corrected chi connectivity index (χ2v) is 4.06. The molecular formula is C10H21N3O3. The van der Waals surface area contributed by atoms with Crippen LogP contribution in [0.1, 0.15) is 33.6 Å². The van der Waals surface area contributed by atoms with Gasteiger partial charge in [0.1, 0.15) is 0 Å². The van der Waals surface area contributed by atoms with Crippen LogP contribution in [0.5, 0.6) is 0 Å². The van der Waals surface area contributed by atoms with Crippen molar-refractivity contribution in [1.29, 1.82) is 0 Å². The minimum Gasteiger partial charge on any atom is -0.355 e.